The fraction of sp³-hybridized carbons (Fsp3) is 0.417. The van der Waals surface area contributed by atoms with Crippen molar-refractivity contribution in [2.75, 3.05) is 26.7 Å². The van der Waals surface area contributed by atoms with Gasteiger partial charge in [0.2, 0.25) is 0 Å². The summed E-state index contributed by atoms with van der Waals surface area (Å²) < 4.78 is 0. The minimum Gasteiger partial charge on any atom is -0.508 e. The summed E-state index contributed by atoms with van der Waals surface area (Å²) in [5.41, 5.74) is 0.651. The first kappa shape index (κ1) is 11.1. The van der Waals surface area contributed by atoms with Crippen LogP contribution in [0.25, 0.3) is 0 Å². The van der Waals surface area contributed by atoms with Gasteiger partial charge in [0.1, 0.15) is 5.75 Å². The number of hydrogen-bond donors (Lipinski definition) is 2. The highest BCUT2D eigenvalue weighted by Gasteiger charge is 2.26. The smallest absolute Gasteiger partial charge is 0.181 e. The molecule has 86 valence electrons. The first-order valence-corrected chi connectivity index (χ1v) is 5.42. The van der Waals surface area contributed by atoms with Gasteiger partial charge >= 0.3 is 0 Å². The Hall–Kier alpha value is -1.39. The molecular weight excluding hydrogens is 204 g/mol. The van der Waals surface area contributed by atoms with Gasteiger partial charge in [-0.25, -0.2) is 0 Å². The van der Waals surface area contributed by atoms with Gasteiger partial charge in [-0.1, -0.05) is 0 Å². The van der Waals surface area contributed by atoms with Crippen molar-refractivity contribution in [3.05, 3.63) is 29.8 Å². The van der Waals surface area contributed by atoms with E-state index in [4.69, 9.17) is 5.11 Å². The maximum absolute atomic E-state index is 12.2. The summed E-state index contributed by atoms with van der Waals surface area (Å²) in [6.07, 6.45) is 0. The number of hydrogen-bond acceptors (Lipinski definition) is 4. The van der Waals surface area contributed by atoms with E-state index < -0.39 is 0 Å². The van der Waals surface area contributed by atoms with Crippen LogP contribution in [0.4, 0.5) is 0 Å². The summed E-state index contributed by atoms with van der Waals surface area (Å²) in [6.45, 7) is 2.50. The molecule has 1 aromatic carbocycles. The molecule has 1 aliphatic rings. The van der Waals surface area contributed by atoms with E-state index in [0.717, 1.165) is 13.1 Å². The number of carbonyl (C=O) groups is 1. The molecule has 1 atom stereocenters. The van der Waals surface area contributed by atoms with Crippen molar-refractivity contribution in [2.45, 2.75) is 6.04 Å². The molecule has 16 heavy (non-hydrogen) atoms. The molecule has 1 fully saturated rings. The maximum Gasteiger partial charge on any atom is 0.181 e. The molecule has 2 rings (SSSR count). The van der Waals surface area contributed by atoms with Gasteiger partial charge in [-0.3, -0.25) is 9.69 Å². The topological polar surface area (TPSA) is 52.6 Å². The van der Waals surface area contributed by atoms with E-state index in [-0.39, 0.29) is 17.6 Å². The number of likely N-dealkylation sites (N-methyl/N-ethyl adjacent to an activating group) is 1. The van der Waals surface area contributed by atoms with Gasteiger partial charge in [0, 0.05) is 25.2 Å². The van der Waals surface area contributed by atoms with Gasteiger partial charge in [0.05, 0.1) is 6.04 Å². The molecule has 4 nitrogen and oxygen atoms in total. The highest BCUT2D eigenvalue weighted by atomic mass is 16.3. The predicted molar refractivity (Wildman–Crippen MR) is 61.7 cm³/mol. The molecular formula is C12H16N2O2. The third-order valence-electron chi connectivity index (χ3n) is 2.97. The molecule has 0 saturated carbocycles. The molecule has 1 aromatic rings. The lowest BCUT2D eigenvalue weighted by atomic mass is 10.0. The van der Waals surface area contributed by atoms with Crippen molar-refractivity contribution < 1.29 is 9.90 Å². The van der Waals surface area contributed by atoms with Gasteiger partial charge in [-0.2, -0.15) is 0 Å². The zero-order valence-corrected chi connectivity index (χ0v) is 9.31. The third-order valence-corrected chi connectivity index (χ3v) is 2.97. The number of nitrogens with one attached hydrogen (secondary N) is 1. The highest BCUT2D eigenvalue weighted by Crippen LogP contribution is 2.13. The quantitative estimate of drug-likeness (QED) is 0.712. The second-order valence-corrected chi connectivity index (χ2v) is 4.11. The molecule has 0 radical (unpaired) electrons. The molecule has 0 bridgehead atoms. The normalized spacial score (nSPS) is 21.9. The summed E-state index contributed by atoms with van der Waals surface area (Å²) in [6, 6.07) is 6.33. The Morgan fingerprint density at radius 3 is 2.75 bits per heavy atom. The van der Waals surface area contributed by atoms with E-state index in [1.165, 1.54) is 0 Å². The molecule has 0 aliphatic carbocycles. The summed E-state index contributed by atoms with van der Waals surface area (Å²) in [7, 11) is 1.96. The second-order valence-electron chi connectivity index (χ2n) is 4.11. The SMILES string of the molecule is CN1CCNC[C@H]1C(=O)c1ccc(O)cc1. The van der Waals surface area contributed by atoms with Crippen molar-refractivity contribution in [1.82, 2.24) is 10.2 Å². The van der Waals surface area contributed by atoms with E-state index in [2.05, 4.69) is 10.2 Å². The Morgan fingerprint density at radius 1 is 1.44 bits per heavy atom. The van der Waals surface area contributed by atoms with Crippen LogP contribution < -0.4 is 5.32 Å². The van der Waals surface area contributed by atoms with Crippen LogP contribution in [0.2, 0.25) is 0 Å². The molecule has 0 amide bonds. The lowest BCUT2D eigenvalue weighted by Crippen LogP contribution is -2.53. The van der Waals surface area contributed by atoms with Crippen molar-refractivity contribution in [3.8, 4) is 5.75 Å². The number of piperazine rings is 1. The van der Waals surface area contributed by atoms with Crippen molar-refractivity contribution in [2.24, 2.45) is 0 Å². The van der Waals surface area contributed by atoms with Crippen molar-refractivity contribution >= 4 is 5.78 Å². The van der Waals surface area contributed by atoms with Crippen LogP contribution in [0.15, 0.2) is 24.3 Å². The lowest BCUT2D eigenvalue weighted by molar-refractivity contribution is 0.0819. The number of nitrogens with zero attached hydrogens (tertiary/aromatic N) is 1. The number of Topliss-reactive ketones (excluding diaryl/α,β-unsaturated/α-hetero) is 1. The Kier molecular flexibility index (Phi) is 3.22. The molecule has 2 N–H and O–H groups in total. The average Bonchev–Trinajstić information content (AvgIpc) is 2.30. The number of ketones is 1. The Labute approximate surface area is 94.9 Å². The number of benzene rings is 1. The van der Waals surface area contributed by atoms with Gasteiger partial charge in [0.25, 0.3) is 0 Å². The van der Waals surface area contributed by atoms with E-state index in [9.17, 15) is 4.79 Å². The van der Waals surface area contributed by atoms with Gasteiger partial charge in [-0.05, 0) is 31.3 Å². The van der Waals surface area contributed by atoms with Gasteiger partial charge in [-0.15, -0.1) is 0 Å². The van der Waals surface area contributed by atoms with E-state index in [1.807, 2.05) is 7.05 Å². The minimum atomic E-state index is -0.0988. The van der Waals surface area contributed by atoms with Crippen LogP contribution in [0.3, 0.4) is 0 Å². The lowest BCUT2D eigenvalue weighted by Gasteiger charge is -2.31. The first-order valence-electron chi connectivity index (χ1n) is 5.42. The Morgan fingerprint density at radius 2 is 2.12 bits per heavy atom. The number of phenolic OH excluding ortho intramolecular Hbond substituents is 1. The Bertz CT molecular complexity index is 375. The summed E-state index contributed by atoms with van der Waals surface area (Å²) in [5.74, 6) is 0.293. The molecule has 0 aromatic heterocycles. The van der Waals surface area contributed by atoms with Gasteiger partial charge in [0.15, 0.2) is 5.78 Å². The molecule has 0 unspecified atom stereocenters. The van der Waals surface area contributed by atoms with Crippen LogP contribution in [-0.2, 0) is 0 Å². The third kappa shape index (κ3) is 2.23. The monoisotopic (exact) mass is 220 g/mol. The average molecular weight is 220 g/mol. The number of aromatic hydroxyl groups is 1. The van der Waals surface area contributed by atoms with E-state index in [1.54, 1.807) is 24.3 Å². The molecule has 1 heterocycles. The molecule has 0 spiro atoms. The van der Waals surface area contributed by atoms with Gasteiger partial charge < -0.3 is 10.4 Å². The number of phenols is 1. The maximum atomic E-state index is 12.2. The number of rotatable bonds is 2. The van der Waals surface area contributed by atoms with Crippen LogP contribution >= 0.6 is 0 Å². The van der Waals surface area contributed by atoms with Crippen LogP contribution in [-0.4, -0.2) is 48.5 Å². The molecule has 4 heteroatoms. The zero-order chi connectivity index (χ0) is 11.5. The van der Waals surface area contributed by atoms with Crippen LogP contribution in [0, 0.1) is 0 Å². The predicted octanol–water partition coefficient (Wildman–Crippen LogP) is 0.478. The fourth-order valence-electron chi connectivity index (χ4n) is 1.92. The van der Waals surface area contributed by atoms with E-state index in [0.29, 0.717) is 12.1 Å². The second kappa shape index (κ2) is 4.63. The highest BCUT2D eigenvalue weighted by molar-refractivity contribution is 6.00. The standard InChI is InChI=1S/C12H16N2O2/c1-14-7-6-13-8-11(14)12(16)9-2-4-10(15)5-3-9/h2-5,11,13,15H,6-8H2,1H3/t11-/m0/s1. The molecule has 1 aliphatic heterocycles. The van der Waals surface area contributed by atoms with Crippen LogP contribution in [0.5, 0.6) is 5.75 Å². The Balaban J connectivity index is 2.14. The summed E-state index contributed by atoms with van der Waals surface area (Å²) in [5, 5.41) is 12.4. The fourth-order valence-corrected chi connectivity index (χ4v) is 1.92. The van der Waals surface area contributed by atoms with Crippen LogP contribution in [0.1, 0.15) is 10.4 Å². The number of carbonyl (C=O) groups excluding carboxylic acids is 1. The first-order chi connectivity index (χ1) is 7.68. The largest absolute Gasteiger partial charge is 0.508 e. The molecule has 1 saturated heterocycles. The summed E-state index contributed by atoms with van der Waals surface area (Å²) in [4.78, 5) is 14.2. The minimum absolute atomic E-state index is 0.0988. The summed E-state index contributed by atoms with van der Waals surface area (Å²) >= 11 is 0. The zero-order valence-electron chi connectivity index (χ0n) is 9.31. The van der Waals surface area contributed by atoms with Crippen molar-refractivity contribution in [1.29, 1.82) is 0 Å². The van der Waals surface area contributed by atoms with Crippen molar-refractivity contribution in [3.63, 3.8) is 0 Å². The van der Waals surface area contributed by atoms with E-state index >= 15 is 0 Å².